The number of methoxy groups -OCH3 is 1. The molecule has 6 nitrogen and oxygen atoms in total. The van der Waals surface area contributed by atoms with Crippen LogP contribution in [0.3, 0.4) is 0 Å². The summed E-state index contributed by atoms with van der Waals surface area (Å²) >= 11 is 0. The van der Waals surface area contributed by atoms with Crippen molar-refractivity contribution < 1.29 is 9.53 Å². The Morgan fingerprint density at radius 1 is 1.08 bits per heavy atom. The second kappa shape index (κ2) is 7.32. The third-order valence-corrected chi connectivity index (χ3v) is 3.47. The normalized spacial score (nSPS) is 10.2. The molecule has 120 valence electrons. The van der Waals surface area contributed by atoms with Crippen LogP contribution in [0.4, 0.5) is 0 Å². The van der Waals surface area contributed by atoms with Crippen molar-refractivity contribution >= 4 is 5.91 Å². The highest BCUT2D eigenvalue weighted by Gasteiger charge is 2.13. The molecule has 0 saturated heterocycles. The molecule has 1 N–H and O–H groups in total. The van der Waals surface area contributed by atoms with Crippen molar-refractivity contribution in [2.24, 2.45) is 0 Å². The van der Waals surface area contributed by atoms with Gasteiger partial charge >= 0.3 is 0 Å². The molecule has 0 radical (unpaired) electrons. The highest BCUT2D eigenvalue weighted by molar-refractivity contribution is 6.00. The fraction of sp³-hybridized carbons (Fsp3) is 0.111. The molecule has 1 amide bonds. The Labute approximate surface area is 139 Å². The number of hydrogen-bond acceptors (Lipinski definition) is 5. The molecule has 6 heteroatoms. The van der Waals surface area contributed by atoms with Gasteiger partial charge in [0, 0.05) is 36.1 Å². The zero-order valence-electron chi connectivity index (χ0n) is 13.1. The molecular formula is C18H16N4O2. The van der Waals surface area contributed by atoms with E-state index in [0.717, 1.165) is 11.1 Å². The highest BCUT2D eigenvalue weighted by Crippen LogP contribution is 2.22. The van der Waals surface area contributed by atoms with Gasteiger partial charge < -0.3 is 10.1 Å². The van der Waals surface area contributed by atoms with Crippen molar-refractivity contribution in [1.29, 1.82) is 0 Å². The zero-order chi connectivity index (χ0) is 16.8. The molecule has 3 aromatic rings. The summed E-state index contributed by atoms with van der Waals surface area (Å²) in [7, 11) is 1.53. The molecule has 0 fully saturated rings. The van der Waals surface area contributed by atoms with E-state index in [1.165, 1.54) is 7.11 Å². The third kappa shape index (κ3) is 3.55. The van der Waals surface area contributed by atoms with E-state index in [9.17, 15) is 4.79 Å². The second-order valence-corrected chi connectivity index (χ2v) is 5.05. The summed E-state index contributed by atoms with van der Waals surface area (Å²) < 4.78 is 5.01. The highest BCUT2D eigenvalue weighted by atomic mass is 16.5. The van der Waals surface area contributed by atoms with Gasteiger partial charge in [-0.05, 0) is 23.8 Å². The number of hydrogen-bond donors (Lipinski definition) is 1. The van der Waals surface area contributed by atoms with Crippen molar-refractivity contribution in [3.05, 3.63) is 72.1 Å². The monoisotopic (exact) mass is 320 g/mol. The maximum atomic E-state index is 12.5. The molecule has 2 heterocycles. The number of pyridine rings is 1. The molecule has 0 unspecified atom stereocenters. The van der Waals surface area contributed by atoms with Crippen LogP contribution in [0.2, 0.25) is 0 Å². The summed E-state index contributed by atoms with van der Waals surface area (Å²) in [6.45, 7) is 0.412. The van der Waals surface area contributed by atoms with Crippen molar-refractivity contribution in [2.75, 3.05) is 7.11 Å². The molecule has 24 heavy (non-hydrogen) atoms. The van der Waals surface area contributed by atoms with Crippen LogP contribution in [0.15, 0.2) is 60.9 Å². The lowest BCUT2D eigenvalue weighted by Gasteiger charge is -2.10. The number of rotatable bonds is 5. The molecule has 0 atom stereocenters. The Balaban J connectivity index is 1.81. The van der Waals surface area contributed by atoms with E-state index >= 15 is 0 Å². The van der Waals surface area contributed by atoms with E-state index in [0.29, 0.717) is 23.7 Å². The van der Waals surface area contributed by atoms with Crippen molar-refractivity contribution in [3.8, 4) is 17.1 Å². The van der Waals surface area contributed by atoms with Gasteiger partial charge in [0.05, 0.1) is 12.8 Å². The standard InChI is InChI=1S/C18H16N4O2/c1-24-17-9-8-16(21-22-17)14-6-2-3-7-15(14)18(23)20-12-13-5-4-10-19-11-13/h2-11H,12H2,1H3,(H,20,23). The topological polar surface area (TPSA) is 77.0 Å². The minimum atomic E-state index is -0.174. The first-order valence-corrected chi connectivity index (χ1v) is 7.42. The lowest BCUT2D eigenvalue weighted by atomic mass is 10.0. The quantitative estimate of drug-likeness (QED) is 0.781. The first kappa shape index (κ1) is 15.6. The van der Waals surface area contributed by atoms with Crippen LogP contribution in [-0.2, 0) is 6.54 Å². The van der Waals surface area contributed by atoms with Crippen LogP contribution >= 0.6 is 0 Å². The number of carbonyl (C=O) groups excluding carboxylic acids is 1. The first-order chi connectivity index (χ1) is 11.8. The molecule has 0 aliphatic rings. The number of carbonyl (C=O) groups is 1. The van der Waals surface area contributed by atoms with Crippen LogP contribution < -0.4 is 10.1 Å². The summed E-state index contributed by atoms with van der Waals surface area (Å²) in [4.78, 5) is 16.6. The van der Waals surface area contributed by atoms with Gasteiger partial charge in [-0.15, -0.1) is 10.2 Å². The molecular weight excluding hydrogens is 304 g/mol. The Kier molecular flexibility index (Phi) is 4.76. The zero-order valence-corrected chi connectivity index (χ0v) is 13.1. The van der Waals surface area contributed by atoms with Gasteiger partial charge in [-0.3, -0.25) is 9.78 Å². The Bertz CT molecular complexity index is 820. The average molecular weight is 320 g/mol. The van der Waals surface area contributed by atoms with Gasteiger partial charge in [-0.25, -0.2) is 0 Å². The lowest BCUT2D eigenvalue weighted by Crippen LogP contribution is -2.23. The van der Waals surface area contributed by atoms with E-state index in [-0.39, 0.29) is 5.91 Å². The van der Waals surface area contributed by atoms with Gasteiger partial charge in [0.1, 0.15) is 0 Å². The molecule has 0 aliphatic carbocycles. The van der Waals surface area contributed by atoms with Crippen LogP contribution in [0, 0.1) is 0 Å². The van der Waals surface area contributed by atoms with Crippen molar-refractivity contribution in [3.63, 3.8) is 0 Å². The van der Waals surface area contributed by atoms with Crippen molar-refractivity contribution in [1.82, 2.24) is 20.5 Å². The Hall–Kier alpha value is -3.28. The Morgan fingerprint density at radius 3 is 2.67 bits per heavy atom. The maximum Gasteiger partial charge on any atom is 0.252 e. The minimum Gasteiger partial charge on any atom is -0.480 e. The number of nitrogens with one attached hydrogen (secondary N) is 1. The number of ether oxygens (including phenoxy) is 1. The van der Waals surface area contributed by atoms with Crippen LogP contribution in [0.1, 0.15) is 15.9 Å². The SMILES string of the molecule is COc1ccc(-c2ccccc2C(=O)NCc2cccnc2)nn1. The van der Waals surface area contributed by atoms with E-state index in [1.807, 2.05) is 30.3 Å². The number of aromatic nitrogens is 3. The van der Waals surface area contributed by atoms with E-state index in [4.69, 9.17) is 4.74 Å². The predicted molar refractivity (Wildman–Crippen MR) is 89.4 cm³/mol. The van der Waals surface area contributed by atoms with E-state index in [1.54, 1.807) is 30.6 Å². The molecule has 0 aliphatic heterocycles. The first-order valence-electron chi connectivity index (χ1n) is 7.42. The molecule has 0 bridgehead atoms. The second-order valence-electron chi connectivity index (χ2n) is 5.05. The summed E-state index contributed by atoms with van der Waals surface area (Å²) in [6.07, 6.45) is 3.42. The smallest absolute Gasteiger partial charge is 0.252 e. The fourth-order valence-electron chi connectivity index (χ4n) is 2.26. The maximum absolute atomic E-state index is 12.5. The van der Waals surface area contributed by atoms with Gasteiger partial charge in [0.25, 0.3) is 5.91 Å². The molecule has 2 aromatic heterocycles. The van der Waals surface area contributed by atoms with Crippen LogP contribution in [0.5, 0.6) is 5.88 Å². The van der Waals surface area contributed by atoms with Gasteiger partial charge in [0.15, 0.2) is 0 Å². The van der Waals surface area contributed by atoms with Gasteiger partial charge in [-0.2, -0.15) is 0 Å². The average Bonchev–Trinajstić information content (AvgIpc) is 2.67. The van der Waals surface area contributed by atoms with Gasteiger partial charge in [0.2, 0.25) is 5.88 Å². The van der Waals surface area contributed by atoms with Crippen LogP contribution in [-0.4, -0.2) is 28.2 Å². The number of benzene rings is 1. The number of amides is 1. The van der Waals surface area contributed by atoms with E-state index < -0.39 is 0 Å². The largest absolute Gasteiger partial charge is 0.480 e. The molecule has 3 rings (SSSR count). The summed E-state index contributed by atoms with van der Waals surface area (Å²) in [6, 6.07) is 14.5. The Morgan fingerprint density at radius 2 is 1.96 bits per heavy atom. The number of nitrogens with zero attached hydrogens (tertiary/aromatic N) is 3. The summed E-state index contributed by atoms with van der Waals surface area (Å²) in [5.74, 6) is 0.254. The van der Waals surface area contributed by atoms with Gasteiger partial charge in [-0.1, -0.05) is 24.3 Å². The molecule has 0 saturated carbocycles. The minimum absolute atomic E-state index is 0.174. The molecule has 0 spiro atoms. The third-order valence-electron chi connectivity index (χ3n) is 3.47. The van der Waals surface area contributed by atoms with Crippen molar-refractivity contribution in [2.45, 2.75) is 6.54 Å². The van der Waals surface area contributed by atoms with E-state index in [2.05, 4.69) is 20.5 Å². The summed E-state index contributed by atoms with van der Waals surface area (Å²) in [5.41, 5.74) is 2.81. The molecule has 1 aromatic carbocycles. The van der Waals surface area contributed by atoms with Crippen LogP contribution in [0.25, 0.3) is 11.3 Å². The fourth-order valence-corrected chi connectivity index (χ4v) is 2.26. The summed E-state index contributed by atoms with van der Waals surface area (Å²) in [5, 5.41) is 11.0. The lowest BCUT2D eigenvalue weighted by molar-refractivity contribution is 0.0951. The predicted octanol–water partition coefficient (Wildman–Crippen LogP) is 2.48.